The molecule has 31 heavy (non-hydrogen) atoms. The van der Waals surface area contributed by atoms with Gasteiger partial charge in [0, 0.05) is 0 Å². The van der Waals surface area contributed by atoms with Crippen LogP contribution in [0, 0.1) is 0 Å². The van der Waals surface area contributed by atoms with Crippen LogP contribution >= 0.6 is 0 Å². The first-order valence-corrected chi connectivity index (χ1v) is 10.4. The van der Waals surface area contributed by atoms with Crippen molar-refractivity contribution in [3.8, 4) is 11.1 Å². The zero-order chi connectivity index (χ0) is 20.9. The molecule has 0 aliphatic heterocycles. The van der Waals surface area contributed by atoms with E-state index in [1.165, 1.54) is 32.3 Å². The molecule has 3 heteroatoms. The molecule has 0 fully saturated rings. The summed E-state index contributed by atoms with van der Waals surface area (Å²) in [7, 11) is -1.50. The molecule has 0 heterocycles. The standard InChI is InChI=1S/C28H19BO2/c30-29(31)27-17-16-22(19-9-3-5-12-23(19)27)26-15-7-14-25-21-10-2-1-8-18(21)20-11-4-6-13-24(20)28(25)26/h1-17,30-31H. The first-order valence-electron chi connectivity index (χ1n) is 10.4. The normalized spacial score (nSPS) is 11.5. The number of hydrogen-bond donors (Lipinski definition) is 2. The van der Waals surface area contributed by atoms with Gasteiger partial charge in [0.25, 0.3) is 0 Å². The monoisotopic (exact) mass is 398 g/mol. The second-order valence-electron chi connectivity index (χ2n) is 7.94. The summed E-state index contributed by atoms with van der Waals surface area (Å²) < 4.78 is 0. The van der Waals surface area contributed by atoms with Crippen molar-refractivity contribution in [1.82, 2.24) is 0 Å². The highest BCUT2D eigenvalue weighted by Gasteiger charge is 2.18. The van der Waals surface area contributed by atoms with Gasteiger partial charge in [-0.3, -0.25) is 0 Å². The van der Waals surface area contributed by atoms with E-state index in [-0.39, 0.29) is 0 Å². The molecule has 2 N–H and O–H groups in total. The molecule has 146 valence electrons. The van der Waals surface area contributed by atoms with E-state index in [1.54, 1.807) is 0 Å². The average Bonchev–Trinajstić information content (AvgIpc) is 2.83. The summed E-state index contributed by atoms with van der Waals surface area (Å²) in [6.07, 6.45) is 0. The third-order valence-electron chi connectivity index (χ3n) is 6.29. The molecule has 0 radical (unpaired) electrons. The Morgan fingerprint density at radius 3 is 1.48 bits per heavy atom. The fourth-order valence-electron chi connectivity index (χ4n) is 4.96. The quantitative estimate of drug-likeness (QED) is 0.293. The van der Waals surface area contributed by atoms with Gasteiger partial charge in [-0.15, -0.1) is 0 Å². The van der Waals surface area contributed by atoms with Crippen LogP contribution in [-0.2, 0) is 0 Å². The predicted octanol–water partition coefficient (Wildman–Crippen LogP) is 5.65. The van der Waals surface area contributed by atoms with Gasteiger partial charge in [-0.25, -0.2) is 0 Å². The molecule has 0 aromatic heterocycles. The first-order chi connectivity index (χ1) is 15.2. The molecule has 0 amide bonds. The molecule has 0 aliphatic rings. The molecule has 2 nitrogen and oxygen atoms in total. The minimum atomic E-state index is -1.50. The van der Waals surface area contributed by atoms with E-state index < -0.39 is 7.12 Å². The number of benzene rings is 6. The van der Waals surface area contributed by atoms with Gasteiger partial charge in [-0.2, -0.15) is 0 Å². The average molecular weight is 398 g/mol. The summed E-state index contributed by atoms with van der Waals surface area (Å²) in [4.78, 5) is 0. The Labute approximate surface area is 180 Å². The van der Waals surface area contributed by atoms with E-state index in [2.05, 4.69) is 72.8 Å². The van der Waals surface area contributed by atoms with Crippen LogP contribution in [0.3, 0.4) is 0 Å². The molecule has 0 unspecified atom stereocenters. The molecule has 0 aliphatic carbocycles. The minimum absolute atomic E-state index is 0.523. The van der Waals surface area contributed by atoms with Crippen LogP contribution < -0.4 is 5.46 Å². The predicted molar refractivity (Wildman–Crippen MR) is 132 cm³/mol. The van der Waals surface area contributed by atoms with Crippen molar-refractivity contribution in [3.63, 3.8) is 0 Å². The van der Waals surface area contributed by atoms with Gasteiger partial charge in [-0.05, 0) is 59.7 Å². The lowest BCUT2D eigenvalue weighted by atomic mass is 9.75. The van der Waals surface area contributed by atoms with Crippen LogP contribution in [0.2, 0.25) is 0 Å². The van der Waals surface area contributed by atoms with Gasteiger partial charge in [0.15, 0.2) is 0 Å². The van der Waals surface area contributed by atoms with Crippen molar-refractivity contribution in [2.75, 3.05) is 0 Å². The van der Waals surface area contributed by atoms with Crippen molar-refractivity contribution in [3.05, 3.63) is 103 Å². The minimum Gasteiger partial charge on any atom is -0.423 e. The number of hydrogen-bond acceptors (Lipinski definition) is 2. The maximum atomic E-state index is 9.87. The zero-order valence-electron chi connectivity index (χ0n) is 16.8. The highest BCUT2D eigenvalue weighted by atomic mass is 16.4. The van der Waals surface area contributed by atoms with Crippen LogP contribution in [-0.4, -0.2) is 17.2 Å². The summed E-state index contributed by atoms with van der Waals surface area (Å²) in [5.41, 5.74) is 2.76. The van der Waals surface area contributed by atoms with E-state index in [0.29, 0.717) is 5.46 Å². The van der Waals surface area contributed by atoms with Crippen LogP contribution in [0.1, 0.15) is 0 Å². The van der Waals surface area contributed by atoms with Crippen molar-refractivity contribution < 1.29 is 10.0 Å². The summed E-state index contributed by atoms with van der Waals surface area (Å²) >= 11 is 0. The smallest absolute Gasteiger partial charge is 0.423 e. The van der Waals surface area contributed by atoms with Gasteiger partial charge in [0.05, 0.1) is 0 Å². The molecular formula is C28H19BO2. The first kappa shape index (κ1) is 18.1. The lowest BCUT2D eigenvalue weighted by Gasteiger charge is -2.16. The Bertz CT molecular complexity index is 1570. The van der Waals surface area contributed by atoms with Crippen molar-refractivity contribution in [1.29, 1.82) is 0 Å². The van der Waals surface area contributed by atoms with Crippen LogP contribution in [0.5, 0.6) is 0 Å². The molecule has 6 aromatic rings. The van der Waals surface area contributed by atoms with E-state index in [0.717, 1.165) is 21.9 Å². The molecule has 6 aromatic carbocycles. The largest absolute Gasteiger partial charge is 0.489 e. The van der Waals surface area contributed by atoms with Gasteiger partial charge in [-0.1, -0.05) is 103 Å². The van der Waals surface area contributed by atoms with E-state index in [9.17, 15) is 10.0 Å². The van der Waals surface area contributed by atoms with Gasteiger partial charge < -0.3 is 10.0 Å². The summed E-state index contributed by atoms with van der Waals surface area (Å²) in [6, 6.07) is 35.4. The maximum Gasteiger partial charge on any atom is 0.489 e. The molecule has 0 bridgehead atoms. The van der Waals surface area contributed by atoms with Gasteiger partial charge >= 0.3 is 7.12 Å². The molecule has 0 saturated carbocycles. The second-order valence-corrected chi connectivity index (χ2v) is 7.94. The van der Waals surface area contributed by atoms with Crippen LogP contribution in [0.15, 0.2) is 103 Å². The Balaban J connectivity index is 1.82. The lowest BCUT2D eigenvalue weighted by molar-refractivity contribution is 0.426. The molecule has 0 saturated heterocycles. The SMILES string of the molecule is OB(O)c1ccc(-c2cccc3c4ccccc4c4ccccc4c23)c2ccccc12. The van der Waals surface area contributed by atoms with Crippen molar-refractivity contribution in [2.45, 2.75) is 0 Å². The van der Waals surface area contributed by atoms with E-state index in [4.69, 9.17) is 0 Å². The highest BCUT2D eigenvalue weighted by Crippen LogP contribution is 2.41. The maximum absolute atomic E-state index is 9.87. The highest BCUT2D eigenvalue weighted by molar-refractivity contribution is 6.62. The third-order valence-corrected chi connectivity index (χ3v) is 6.29. The summed E-state index contributed by atoms with van der Waals surface area (Å²) in [5.74, 6) is 0. The summed E-state index contributed by atoms with van der Waals surface area (Å²) in [5, 5.41) is 29.0. The zero-order valence-corrected chi connectivity index (χ0v) is 16.8. The topological polar surface area (TPSA) is 40.5 Å². The molecule has 6 rings (SSSR count). The second kappa shape index (κ2) is 6.95. The molecule has 0 spiro atoms. The van der Waals surface area contributed by atoms with Gasteiger partial charge in [0.1, 0.15) is 0 Å². The van der Waals surface area contributed by atoms with Crippen LogP contribution in [0.25, 0.3) is 54.2 Å². The fraction of sp³-hybridized carbons (Fsp3) is 0. The lowest BCUT2D eigenvalue weighted by Crippen LogP contribution is -2.30. The molecular weight excluding hydrogens is 379 g/mol. The Hall–Kier alpha value is -3.66. The Kier molecular flexibility index (Phi) is 4.07. The van der Waals surface area contributed by atoms with Crippen molar-refractivity contribution in [2.24, 2.45) is 0 Å². The van der Waals surface area contributed by atoms with E-state index in [1.807, 2.05) is 30.3 Å². The van der Waals surface area contributed by atoms with E-state index >= 15 is 0 Å². The number of rotatable bonds is 2. The Morgan fingerprint density at radius 2 is 0.871 bits per heavy atom. The summed E-state index contributed by atoms with van der Waals surface area (Å²) in [6.45, 7) is 0. The van der Waals surface area contributed by atoms with Gasteiger partial charge in [0.2, 0.25) is 0 Å². The molecule has 0 atom stereocenters. The Morgan fingerprint density at radius 1 is 0.387 bits per heavy atom. The fourth-order valence-corrected chi connectivity index (χ4v) is 4.96. The van der Waals surface area contributed by atoms with Crippen LogP contribution in [0.4, 0.5) is 0 Å². The third kappa shape index (κ3) is 2.68. The van der Waals surface area contributed by atoms with Crippen molar-refractivity contribution >= 4 is 55.7 Å². The number of fused-ring (bicyclic) bond motifs is 7.